The van der Waals surface area contributed by atoms with Crippen LogP contribution in [-0.2, 0) is 5.54 Å². The maximum atomic E-state index is 13.4. The molecule has 0 aromatic heterocycles. The minimum atomic E-state index is -4.23. The summed E-state index contributed by atoms with van der Waals surface area (Å²) in [7, 11) is 0. The zero-order valence-corrected chi connectivity index (χ0v) is 10.7. The highest BCUT2D eigenvalue weighted by atomic mass is 19.4. The molecule has 19 heavy (non-hydrogen) atoms. The zero-order chi connectivity index (χ0) is 14.3. The van der Waals surface area contributed by atoms with Gasteiger partial charge >= 0.3 is 6.18 Å². The summed E-state index contributed by atoms with van der Waals surface area (Å²) in [6.45, 7) is 1.71. The molecule has 1 nitrogen and oxygen atoms in total. The lowest BCUT2D eigenvalue weighted by molar-refractivity contribution is -0.187. The number of benzene rings is 1. The Morgan fingerprint density at radius 2 is 1.95 bits per heavy atom. The van der Waals surface area contributed by atoms with E-state index >= 15 is 0 Å². The van der Waals surface area contributed by atoms with E-state index in [0.717, 1.165) is 0 Å². The van der Waals surface area contributed by atoms with Gasteiger partial charge in [0.25, 0.3) is 0 Å². The van der Waals surface area contributed by atoms with Gasteiger partial charge < -0.3 is 5.73 Å². The van der Waals surface area contributed by atoms with Crippen molar-refractivity contribution in [3.63, 3.8) is 0 Å². The lowest BCUT2D eigenvalue weighted by atomic mass is 9.72. The first-order valence-corrected chi connectivity index (χ1v) is 6.34. The average molecular weight is 275 g/mol. The molecule has 0 saturated heterocycles. The van der Waals surface area contributed by atoms with Crippen LogP contribution in [0.3, 0.4) is 0 Å². The van der Waals surface area contributed by atoms with Gasteiger partial charge in [-0.3, -0.25) is 0 Å². The highest BCUT2D eigenvalue weighted by Crippen LogP contribution is 2.44. The fourth-order valence-corrected chi connectivity index (χ4v) is 2.87. The van der Waals surface area contributed by atoms with Gasteiger partial charge in [-0.1, -0.05) is 12.5 Å². The molecule has 2 rings (SSSR count). The van der Waals surface area contributed by atoms with Crippen molar-refractivity contribution in [1.29, 1.82) is 0 Å². The second-order valence-corrected chi connectivity index (χ2v) is 5.51. The molecule has 0 aliphatic heterocycles. The normalized spacial score (nSPS) is 28.4. The van der Waals surface area contributed by atoms with Crippen LogP contribution in [-0.4, -0.2) is 6.18 Å². The second-order valence-electron chi connectivity index (χ2n) is 5.51. The van der Waals surface area contributed by atoms with Crippen molar-refractivity contribution in [2.24, 2.45) is 11.7 Å². The molecule has 2 unspecified atom stereocenters. The fraction of sp³-hybridized carbons (Fsp3) is 0.571. The maximum Gasteiger partial charge on any atom is 0.391 e. The number of rotatable bonds is 1. The lowest BCUT2D eigenvalue weighted by Crippen LogP contribution is -2.45. The van der Waals surface area contributed by atoms with E-state index in [4.69, 9.17) is 5.73 Å². The van der Waals surface area contributed by atoms with Crippen molar-refractivity contribution in [3.05, 3.63) is 35.1 Å². The Morgan fingerprint density at radius 1 is 1.26 bits per heavy atom. The molecule has 0 bridgehead atoms. The Hall–Kier alpha value is -1.10. The van der Waals surface area contributed by atoms with Crippen LogP contribution in [0.15, 0.2) is 18.2 Å². The van der Waals surface area contributed by atoms with Gasteiger partial charge in [-0.25, -0.2) is 4.39 Å². The van der Waals surface area contributed by atoms with Gasteiger partial charge in [0.1, 0.15) is 5.82 Å². The summed E-state index contributed by atoms with van der Waals surface area (Å²) in [5.74, 6) is -1.84. The van der Waals surface area contributed by atoms with Gasteiger partial charge in [-0.2, -0.15) is 13.2 Å². The van der Waals surface area contributed by atoms with Crippen molar-refractivity contribution in [3.8, 4) is 0 Å². The van der Waals surface area contributed by atoms with E-state index in [0.29, 0.717) is 24.0 Å². The molecule has 1 aliphatic carbocycles. The van der Waals surface area contributed by atoms with Gasteiger partial charge in [0.2, 0.25) is 0 Å². The highest BCUT2D eigenvalue weighted by molar-refractivity contribution is 5.30. The Balaban J connectivity index is 2.31. The number of halogens is 4. The third-order valence-corrected chi connectivity index (χ3v) is 3.87. The second kappa shape index (κ2) is 4.78. The average Bonchev–Trinajstić information content (AvgIpc) is 2.26. The Bertz CT molecular complexity index is 449. The summed E-state index contributed by atoms with van der Waals surface area (Å²) in [6, 6.07) is 4.28. The van der Waals surface area contributed by atoms with E-state index in [9.17, 15) is 17.6 Å². The third kappa shape index (κ3) is 3.08. The zero-order valence-electron chi connectivity index (χ0n) is 10.7. The fourth-order valence-electron chi connectivity index (χ4n) is 2.87. The first kappa shape index (κ1) is 14.3. The molecular formula is C14H17F4N. The number of hydrogen-bond donors (Lipinski definition) is 1. The smallest absolute Gasteiger partial charge is 0.321 e. The molecule has 1 aromatic rings. The summed E-state index contributed by atoms with van der Waals surface area (Å²) in [5.41, 5.74) is 6.21. The van der Waals surface area contributed by atoms with E-state index < -0.39 is 23.5 Å². The predicted molar refractivity (Wildman–Crippen MR) is 65.0 cm³/mol. The summed E-state index contributed by atoms with van der Waals surface area (Å²) in [4.78, 5) is 0. The van der Waals surface area contributed by atoms with Gasteiger partial charge in [-0.05, 0) is 49.4 Å². The topological polar surface area (TPSA) is 26.0 Å². The van der Waals surface area contributed by atoms with E-state index in [1.54, 1.807) is 13.0 Å². The minimum absolute atomic E-state index is 0.108. The van der Waals surface area contributed by atoms with Crippen molar-refractivity contribution >= 4 is 0 Å². The van der Waals surface area contributed by atoms with Crippen LogP contribution in [0.25, 0.3) is 0 Å². The van der Waals surface area contributed by atoms with Crippen LogP contribution in [0.5, 0.6) is 0 Å². The van der Waals surface area contributed by atoms with E-state index in [-0.39, 0.29) is 12.8 Å². The van der Waals surface area contributed by atoms with Crippen LogP contribution >= 0.6 is 0 Å². The Labute approximate surface area is 109 Å². The molecule has 5 heteroatoms. The molecule has 2 atom stereocenters. The standard InChI is InChI=1S/C14H17F4N/c1-9-5-11(7-12(15)6-9)13(19)4-2-3-10(8-13)14(16,17)18/h5-7,10H,2-4,8,19H2,1H3. The number of nitrogens with two attached hydrogens (primary N) is 1. The van der Waals surface area contributed by atoms with Crippen LogP contribution in [0.1, 0.15) is 36.8 Å². The summed E-state index contributed by atoms with van der Waals surface area (Å²) in [5, 5.41) is 0. The summed E-state index contributed by atoms with van der Waals surface area (Å²) >= 11 is 0. The molecule has 0 heterocycles. The highest BCUT2D eigenvalue weighted by Gasteiger charge is 2.46. The number of aryl methyl sites for hydroxylation is 1. The number of alkyl halides is 3. The van der Waals surface area contributed by atoms with Crippen molar-refractivity contribution in [2.45, 2.75) is 44.3 Å². The van der Waals surface area contributed by atoms with E-state index in [1.807, 2.05) is 0 Å². The SMILES string of the molecule is Cc1cc(F)cc(C2(N)CCCC(C(F)(F)F)C2)c1. The Kier molecular flexibility index (Phi) is 3.60. The monoisotopic (exact) mass is 275 g/mol. The van der Waals surface area contributed by atoms with Gasteiger partial charge in [0.15, 0.2) is 0 Å². The van der Waals surface area contributed by atoms with Crippen molar-refractivity contribution in [1.82, 2.24) is 0 Å². The van der Waals surface area contributed by atoms with Crippen LogP contribution < -0.4 is 5.73 Å². The minimum Gasteiger partial charge on any atom is -0.321 e. The first-order chi connectivity index (χ1) is 8.71. The molecule has 1 fully saturated rings. The van der Waals surface area contributed by atoms with Gasteiger partial charge in [0, 0.05) is 5.54 Å². The molecule has 0 spiro atoms. The predicted octanol–water partition coefficient (Wildman–Crippen LogP) is 4.04. The largest absolute Gasteiger partial charge is 0.391 e. The molecule has 0 amide bonds. The molecule has 0 radical (unpaired) electrons. The lowest BCUT2D eigenvalue weighted by Gasteiger charge is -2.39. The Morgan fingerprint density at radius 3 is 2.53 bits per heavy atom. The summed E-state index contributed by atoms with van der Waals surface area (Å²) in [6.07, 6.45) is -3.41. The quantitative estimate of drug-likeness (QED) is 0.769. The van der Waals surface area contributed by atoms with Gasteiger partial charge in [-0.15, -0.1) is 0 Å². The van der Waals surface area contributed by atoms with Crippen LogP contribution in [0.4, 0.5) is 17.6 Å². The van der Waals surface area contributed by atoms with E-state index in [2.05, 4.69) is 0 Å². The summed E-state index contributed by atoms with van der Waals surface area (Å²) < 4.78 is 51.9. The third-order valence-electron chi connectivity index (χ3n) is 3.87. The molecule has 106 valence electrons. The molecule has 1 aromatic carbocycles. The molecule has 1 saturated carbocycles. The first-order valence-electron chi connectivity index (χ1n) is 6.34. The molecular weight excluding hydrogens is 258 g/mol. The van der Waals surface area contributed by atoms with Crippen LogP contribution in [0.2, 0.25) is 0 Å². The number of hydrogen-bond acceptors (Lipinski definition) is 1. The van der Waals surface area contributed by atoms with Crippen LogP contribution in [0, 0.1) is 18.7 Å². The van der Waals surface area contributed by atoms with E-state index in [1.165, 1.54) is 12.1 Å². The molecule has 2 N–H and O–H groups in total. The van der Waals surface area contributed by atoms with Crippen molar-refractivity contribution < 1.29 is 17.6 Å². The maximum absolute atomic E-state index is 13.4. The molecule has 1 aliphatic rings. The van der Waals surface area contributed by atoms with Crippen molar-refractivity contribution in [2.75, 3.05) is 0 Å². The van der Waals surface area contributed by atoms with Gasteiger partial charge in [0.05, 0.1) is 5.92 Å².